The van der Waals surface area contributed by atoms with Crippen molar-refractivity contribution in [2.24, 2.45) is 0 Å². The number of aryl methyl sites for hydroxylation is 3. The Labute approximate surface area is 179 Å². The summed E-state index contributed by atoms with van der Waals surface area (Å²) in [7, 11) is 1.64. The number of methoxy groups -OCH3 is 1. The van der Waals surface area contributed by atoms with E-state index >= 15 is 0 Å². The first-order valence-corrected chi connectivity index (χ1v) is 10.4. The second kappa shape index (κ2) is 7.91. The number of ether oxygens (including phenoxy) is 2. The van der Waals surface area contributed by atoms with E-state index in [1.807, 2.05) is 58.0 Å². The zero-order valence-corrected chi connectivity index (χ0v) is 18.5. The van der Waals surface area contributed by atoms with Crippen LogP contribution in [0.4, 0.5) is 0 Å². The summed E-state index contributed by atoms with van der Waals surface area (Å²) in [5, 5.41) is 0.886. The molecule has 0 unspecified atom stereocenters. The monoisotopic (exact) mass is 421 g/mol. The third kappa shape index (κ3) is 3.45. The van der Waals surface area contributed by atoms with Crippen LogP contribution in [0.15, 0.2) is 36.7 Å². The van der Waals surface area contributed by atoms with Crippen LogP contribution < -0.4 is 9.47 Å². The molecule has 6 nitrogen and oxygen atoms in total. The fourth-order valence-corrected chi connectivity index (χ4v) is 4.63. The number of carbonyl (C=O) groups is 1. The van der Waals surface area contributed by atoms with Crippen LogP contribution >= 0.6 is 11.3 Å². The predicted molar refractivity (Wildman–Crippen MR) is 119 cm³/mol. The molecule has 0 aliphatic carbocycles. The topological polar surface area (TPSA) is 66.2 Å². The molecule has 0 N–H and O–H groups in total. The standard InChI is InChI=1S/C23H23N3O3S/c1-13-10-19(15(3)26(13)17-6-8-18(28-5)9-7-17)20(27)11-29-22-21-14(2)16(4)30-23(21)25-12-24-22/h6-10,12H,11H2,1-5H3. The number of Topliss-reactive ketones (excluding diaryl/α,β-unsaturated/α-hetero) is 1. The molecule has 154 valence electrons. The van der Waals surface area contributed by atoms with Gasteiger partial charge < -0.3 is 14.0 Å². The van der Waals surface area contributed by atoms with E-state index in [4.69, 9.17) is 9.47 Å². The lowest BCUT2D eigenvalue weighted by molar-refractivity contribution is 0.0918. The maximum Gasteiger partial charge on any atom is 0.226 e. The Morgan fingerprint density at radius 3 is 2.53 bits per heavy atom. The van der Waals surface area contributed by atoms with Crippen molar-refractivity contribution in [2.75, 3.05) is 13.7 Å². The van der Waals surface area contributed by atoms with Gasteiger partial charge in [0.25, 0.3) is 0 Å². The van der Waals surface area contributed by atoms with Crippen LogP contribution in [0.2, 0.25) is 0 Å². The smallest absolute Gasteiger partial charge is 0.226 e. The van der Waals surface area contributed by atoms with Crippen molar-refractivity contribution in [2.45, 2.75) is 27.7 Å². The number of aromatic nitrogens is 3. The molecular weight excluding hydrogens is 398 g/mol. The Kier molecular flexibility index (Phi) is 5.30. The van der Waals surface area contributed by atoms with E-state index in [-0.39, 0.29) is 12.4 Å². The minimum atomic E-state index is -0.0840. The van der Waals surface area contributed by atoms with Gasteiger partial charge in [0, 0.05) is 27.5 Å². The summed E-state index contributed by atoms with van der Waals surface area (Å²) in [5.41, 5.74) is 4.58. The van der Waals surface area contributed by atoms with Gasteiger partial charge in [0.1, 0.15) is 16.9 Å². The van der Waals surface area contributed by atoms with Gasteiger partial charge in [-0.1, -0.05) is 0 Å². The van der Waals surface area contributed by atoms with Crippen LogP contribution in [0, 0.1) is 27.7 Å². The Bertz CT molecular complexity index is 1240. The van der Waals surface area contributed by atoms with Gasteiger partial charge in [0.2, 0.25) is 11.7 Å². The zero-order valence-electron chi connectivity index (χ0n) is 17.6. The Balaban J connectivity index is 1.59. The summed E-state index contributed by atoms with van der Waals surface area (Å²) >= 11 is 1.60. The lowest BCUT2D eigenvalue weighted by atomic mass is 10.1. The van der Waals surface area contributed by atoms with E-state index in [0.29, 0.717) is 11.4 Å². The highest BCUT2D eigenvalue weighted by Gasteiger charge is 2.19. The fraction of sp³-hybridized carbons (Fsp3) is 0.261. The number of thiophene rings is 1. The molecule has 0 radical (unpaired) electrons. The third-order valence-corrected chi connectivity index (χ3v) is 6.45. The van der Waals surface area contributed by atoms with E-state index in [1.165, 1.54) is 11.2 Å². The van der Waals surface area contributed by atoms with Gasteiger partial charge in [0.05, 0.1) is 12.5 Å². The predicted octanol–water partition coefficient (Wildman–Crippen LogP) is 4.99. The van der Waals surface area contributed by atoms with Crippen molar-refractivity contribution >= 4 is 27.3 Å². The lowest BCUT2D eigenvalue weighted by Crippen LogP contribution is -2.13. The molecule has 0 saturated carbocycles. The number of benzene rings is 1. The molecule has 1 aromatic carbocycles. The molecule has 3 heterocycles. The van der Waals surface area contributed by atoms with E-state index in [1.54, 1.807) is 18.4 Å². The van der Waals surface area contributed by atoms with Gasteiger partial charge in [-0.2, -0.15) is 0 Å². The number of fused-ring (bicyclic) bond motifs is 1. The minimum absolute atomic E-state index is 0.0760. The number of carbonyl (C=O) groups excluding carboxylic acids is 1. The summed E-state index contributed by atoms with van der Waals surface area (Å²) in [6, 6.07) is 9.67. The lowest BCUT2D eigenvalue weighted by Gasteiger charge is -2.11. The average molecular weight is 422 g/mol. The first kappa shape index (κ1) is 20.1. The Hall–Kier alpha value is -3.19. The molecule has 4 aromatic rings. The molecule has 4 rings (SSSR count). The molecule has 0 bridgehead atoms. The van der Waals surface area contributed by atoms with Gasteiger partial charge in [-0.25, -0.2) is 9.97 Å². The van der Waals surface area contributed by atoms with Crippen molar-refractivity contribution in [3.63, 3.8) is 0 Å². The molecule has 0 spiro atoms. The largest absolute Gasteiger partial charge is 0.497 e. The molecule has 0 aliphatic heterocycles. The van der Waals surface area contributed by atoms with E-state index in [2.05, 4.69) is 14.5 Å². The van der Waals surface area contributed by atoms with Crippen LogP contribution in [-0.2, 0) is 0 Å². The SMILES string of the molecule is COc1ccc(-n2c(C)cc(C(=O)COc3ncnc4sc(C)c(C)c34)c2C)cc1. The average Bonchev–Trinajstić information content (AvgIpc) is 3.21. The van der Waals surface area contributed by atoms with Crippen molar-refractivity contribution in [3.8, 4) is 17.3 Å². The van der Waals surface area contributed by atoms with Crippen molar-refractivity contribution < 1.29 is 14.3 Å². The quantitative estimate of drug-likeness (QED) is 0.411. The van der Waals surface area contributed by atoms with Crippen LogP contribution in [0.5, 0.6) is 11.6 Å². The maximum absolute atomic E-state index is 13.0. The first-order valence-electron chi connectivity index (χ1n) is 9.60. The van der Waals surface area contributed by atoms with Crippen LogP contribution in [0.1, 0.15) is 32.2 Å². The molecule has 7 heteroatoms. The number of hydrogen-bond donors (Lipinski definition) is 0. The highest BCUT2D eigenvalue weighted by atomic mass is 32.1. The van der Waals surface area contributed by atoms with Gasteiger partial charge >= 0.3 is 0 Å². The number of ketones is 1. The van der Waals surface area contributed by atoms with Crippen molar-refractivity contribution in [1.29, 1.82) is 0 Å². The minimum Gasteiger partial charge on any atom is -0.497 e. The molecule has 0 atom stereocenters. The fourth-order valence-electron chi connectivity index (χ4n) is 3.64. The Morgan fingerprint density at radius 1 is 1.10 bits per heavy atom. The zero-order chi connectivity index (χ0) is 21.4. The number of hydrogen-bond acceptors (Lipinski definition) is 6. The van der Waals surface area contributed by atoms with E-state index in [0.717, 1.165) is 38.6 Å². The van der Waals surface area contributed by atoms with Crippen LogP contribution in [0.25, 0.3) is 15.9 Å². The van der Waals surface area contributed by atoms with Crippen LogP contribution in [-0.4, -0.2) is 34.0 Å². The van der Waals surface area contributed by atoms with Gasteiger partial charge in [-0.15, -0.1) is 11.3 Å². The van der Waals surface area contributed by atoms with Gasteiger partial charge in [-0.05, 0) is 63.6 Å². The Morgan fingerprint density at radius 2 is 1.83 bits per heavy atom. The van der Waals surface area contributed by atoms with Gasteiger partial charge in [-0.3, -0.25) is 4.79 Å². The first-order chi connectivity index (χ1) is 14.4. The molecule has 0 fully saturated rings. The van der Waals surface area contributed by atoms with E-state index < -0.39 is 0 Å². The summed E-state index contributed by atoms with van der Waals surface area (Å²) in [4.78, 5) is 23.6. The third-order valence-electron chi connectivity index (χ3n) is 5.33. The summed E-state index contributed by atoms with van der Waals surface area (Å²) in [6.45, 7) is 7.92. The van der Waals surface area contributed by atoms with Crippen LogP contribution in [0.3, 0.4) is 0 Å². The molecular formula is C23H23N3O3S. The molecule has 30 heavy (non-hydrogen) atoms. The summed E-state index contributed by atoms with van der Waals surface area (Å²) in [6.07, 6.45) is 1.48. The van der Waals surface area contributed by atoms with Crippen molar-refractivity contribution in [1.82, 2.24) is 14.5 Å². The van der Waals surface area contributed by atoms with Gasteiger partial charge in [0.15, 0.2) is 6.61 Å². The van der Waals surface area contributed by atoms with Crippen molar-refractivity contribution in [3.05, 3.63) is 64.1 Å². The number of rotatable bonds is 6. The molecule has 3 aromatic heterocycles. The maximum atomic E-state index is 13.0. The molecule has 0 aliphatic rings. The number of nitrogens with zero attached hydrogens (tertiary/aromatic N) is 3. The second-order valence-corrected chi connectivity index (χ2v) is 8.38. The normalized spacial score (nSPS) is 11.1. The van der Waals surface area contributed by atoms with E-state index in [9.17, 15) is 4.79 Å². The highest BCUT2D eigenvalue weighted by Crippen LogP contribution is 2.33. The summed E-state index contributed by atoms with van der Waals surface area (Å²) in [5.74, 6) is 1.17. The molecule has 0 amide bonds. The molecule has 0 saturated heterocycles. The summed E-state index contributed by atoms with van der Waals surface area (Å²) < 4.78 is 13.1. The highest BCUT2D eigenvalue weighted by molar-refractivity contribution is 7.18. The second-order valence-electron chi connectivity index (χ2n) is 7.17.